The van der Waals surface area contributed by atoms with E-state index in [1.165, 1.54) is 0 Å². The molecule has 1 aliphatic rings. The summed E-state index contributed by atoms with van der Waals surface area (Å²) >= 11 is 0. The standard InChI is InChI=1S/C33H31FN6O2/c1-19-23(21-14-27(34)26(30(15-21)42-3)18-38-22-16-31(41)39-17-22)6-4-7-24(19)25-8-5-9-28(20(25)2)40-33-32-29(10-11-37-33)35-12-13-36-32/h4-15,22,38H,16-18H2,1-3H3,(H,37,40)(H,39,41)/t22-/m0/s1. The van der Waals surface area contributed by atoms with Gasteiger partial charge < -0.3 is 20.7 Å². The zero-order valence-corrected chi connectivity index (χ0v) is 23.7. The first-order valence-corrected chi connectivity index (χ1v) is 13.8. The SMILES string of the molecule is COc1cc(-c2cccc(-c3cccc(Nc4nccc5nccnc45)c3C)c2C)cc(F)c1CN[C@@H]1CNC(=O)C1. The highest BCUT2D eigenvalue weighted by atomic mass is 19.1. The van der Waals surface area contributed by atoms with Crippen LogP contribution in [0.1, 0.15) is 23.1 Å². The van der Waals surface area contributed by atoms with Crippen molar-refractivity contribution in [1.29, 1.82) is 0 Å². The molecule has 3 aromatic carbocycles. The van der Waals surface area contributed by atoms with Crippen LogP contribution in [0, 0.1) is 19.7 Å². The number of aromatic nitrogens is 3. The molecule has 1 fully saturated rings. The summed E-state index contributed by atoms with van der Waals surface area (Å²) in [6.45, 7) is 4.92. The highest BCUT2D eigenvalue weighted by Crippen LogP contribution is 2.38. The molecule has 0 saturated carbocycles. The second kappa shape index (κ2) is 11.5. The predicted octanol–water partition coefficient (Wildman–Crippen LogP) is 5.85. The van der Waals surface area contributed by atoms with Crippen molar-refractivity contribution in [3.05, 3.63) is 95.7 Å². The Hall–Kier alpha value is -4.89. The smallest absolute Gasteiger partial charge is 0.221 e. The fourth-order valence-corrected chi connectivity index (χ4v) is 5.54. The van der Waals surface area contributed by atoms with Gasteiger partial charge in [-0.15, -0.1) is 0 Å². The van der Waals surface area contributed by atoms with Crippen LogP contribution in [0.4, 0.5) is 15.9 Å². The van der Waals surface area contributed by atoms with E-state index in [-0.39, 0.29) is 24.3 Å². The molecule has 9 heteroatoms. The second-order valence-corrected chi connectivity index (χ2v) is 10.4. The number of rotatable bonds is 8. The molecule has 0 unspecified atom stereocenters. The van der Waals surface area contributed by atoms with E-state index in [4.69, 9.17) is 4.74 Å². The monoisotopic (exact) mass is 562 g/mol. The highest BCUT2D eigenvalue weighted by molar-refractivity contribution is 5.89. The van der Waals surface area contributed by atoms with E-state index >= 15 is 4.39 Å². The lowest BCUT2D eigenvalue weighted by Gasteiger charge is -2.18. The number of anilines is 2. The number of carbonyl (C=O) groups is 1. The third kappa shape index (κ3) is 5.26. The molecular formula is C33H31FN6O2. The van der Waals surface area contributed by atoms with Crippen molar-refractivity contribution in [3.63, 3.8) is 0 Å². The number of hydrogen-bond donors (Lipinski definition) is 3. The third-order valence-electron chi connectivity index (χ3n) is 7.83. The van der Waals surface area contributed by atoms with Crippen LogP contribution in [0.3, 0.4) is 0 Å². The van der Waals surface area contributed by atoms with Crippen LogP contribution in [-0.2, 0) is 11.3 Å². The molecule has 0 aliphatic carbocycles. The summed E-state index contributed by atoms with van der Waals surface area (Å²) in [4.78, 5) is 24.9. The first-order valence-electron chi connectivity index (χ1n) is 13.8. The van der Waals surface area contributed by atoms with Gasteiger partial charge in [0.05, 0.1) is 12.6 Å². The molecule has 2 aromatic heterocycles. The number of halogens is 1. The van der Waals surface area contributed by atoms with Gasteiger partial charge in [-0.05, 0) is 71.5 Å². The average molecular weight is 563 g/mol. The van der Waals surface area contributed by atoms with E-state index in [0.717, 1.165) is 44.6 Å². The Balaban J connectivity index is 1.32. The number of nitrogens with one attached hydrogen (secondary N) is 3. The normalized spacial score (nSPS) is 14.7. The van der Waals surface area contributed by atoms with Crippen LogP contribution in [0.2, 0.25) is 0 Å². The van der Waals surface area contributed by atoms with Crippen molar-refractivity contribution in [1.82, 2.24) is 25.6 Å². The fourth-order valence-electron chi connectivity index (χ4n) is 5.54. The van der Waals surface area contributed by atoms with Crippen molar-refractivity contribution >= 4 is 28.4 Å². The summed E-state index contributed by atoms with van der Waals surface area (Å²) in [5, 5.41) is 9.50. The molecule has 3 heterocycles. The van der Waals surface area contributed by atoms with Crippen LogP contribution < -0.4 is 20.7 Å². The first-order chi connectivity index (χ1) is 20.4. The zero-order chi connectivity index (χ0) is 29.2. The summed E-state index contributed by atoms with van der Waals surface area (Å²) in [6.07, 6.45) is 5.42. The summed E-state index contributed by atoms with van der Waals surface area (Å²) in [5.74, 6) is 0.751. The van der Waals surface area contributed by atoms with Gasteiger partial charge in [-0.25, -0.2) is 14.4 Å². The molecular weight excluding hydrogens is 531 g/mol. The van der Waals surface area contributed by atoms with E-state index in [2.05, 4.69) is 56.9 Å². The number of ether oxygens (including phenoxy) is 1. The highest BCUT2D eigenvalue weighted by Gasteiger charge is 2.22. The number of carbonyl (C=O) groups excluding carboxylic acids is 1. The molecule has 1 saturated heterocycles. The molecule has 1 amide bonds. The maximum absolute atomic E-state index is 15.5. The molecule has 8 nitrogen and oxygen atoms in total. The maximum atomic E-state index is 15.5. The molecule has 42 heavy (non-hydrogen) atoms. The summed E-state index contributed by atoms with van der Waals surface area (Å²) in [7, 11) is 1.55. The number of benzene rings is 3. The average Bonchev–Trinajstić information content (AvgIpc) is 3.42. The number of nitrogens with zero attached hydrogens (tertiary/aromatic N) is 3. The van der Waals surface area contributed by atoms with Gasteiger partial charge >= 0.3 is 0 Å². The molecule has 3 N–H and O–H groups in total. The summed E-state index contributed by atoms with van der Waals surface area (Å²) in [6, 6.07) is 17.4. The van der Waals surface area contributed by atoms with Gasteiger partial charge in [0, 0.05) is 55.4 Å². The molecule has 1 atom stereocenters. The van der Waals surface area contributed by atoms with Crippen molar-refractivity contribution in [2.24, 2.45) is 0 Å². The largest absolute Gasteiger partial charge is 0.496 e. The van der Waals surface area contributed by atoms with Crippen molar-refractivity contribution < 1.29 is 13.9 Å². The van der Waals surface area contributed by atoms with Crippen LogP contribution in [0.15, 0.2) is 73.2 Å². The number of amides is 1. The minimum atomic E-state index is -0.355. The topological polar surface area (TPSA) is 101 Å². The van der Waals surface area contributed by atoms with Gasteiger partial charge in [0.25, 0.3) is 0 Å². The third-order valence-corrected chi connectivity index (χ3v) is 7.83. The van der Waals surface area contributed by atoms with Crippen molar-refractivity contribution in [3.8, 4) is 28.0 Å². The minimum Gasteiger partial charge on any atom is -0.496 e. The van der Waals surface area contributed by atoms with Gasteiger partial charge in [-0.3, -0.25) is 9.78 Å². The number of methoxy groups -OCH3 is 1. The Kier molecular flexibility index (Phi) is 7.50. The first kappa shape index (κ1) is 27.3. The Morgan fingerprint density at radius 1 is 0.952 bits per heavy atom. The van der Waals surface area contributed by atoms with E-state index in [1.807, 2.05) is 36.4 Å². The molecule has 212 valence electrons. The fraction of sp³-hybridized carbons (Fsp3) is 0.212. The van der Waals surface area contributed by atoms with E-state index < -0.39 is 0 Å². The van der Waals surface area contributed by atoms with Gasteiger partial charge in [-0.1, -0.05) is 30.3 Å². The number of fused-ring (bicyclic) bond motifs is 1. The summed E-state index contributed by atoms with van der Waals surface area (Å²) < 4.78 is 21.1. The Morgan fingerprint density at radius 3 is 2.50 bits per heavy atom. The quantitative estimate of drug-likeness (QED) is 0.218. The number of pyridine rings is 1. The van der Waals surface area contributed by atoms with Crippen molar-refractivity contribution in [2.45, 2.75) is 32.9 Å². The van der Waals surface area contributed by atoms with Gasteiger partial charge in [0.15, 0.2) is 5.82 Å². The van der Waals surface area contributed by atoms with Crippen LogP contribution in [0.25, 0.3) is 33.3 Å². The minimum absolute atomic E-state index is 0.00160. The van der Waals surface area contributed by atoms with Gasteiger partial charge in [-0.2, -0.15) is 0 Å². The number of hydrogen-bond acceptors (Lipinski definition) is 7. The molecule has 0 radical (unpaired) electrons. The Labute approximate surface area is 243 Å². The van der Waals surface area contributed by atoms with Crippen LogP contribution in [0.5, 0.6) is 5.75 Å². The van der Waals surface area contributed by atoms with Gasteiger partial charge in [0.1, 0.15) is 17.1 Å². The Bertz CT molecular complexity index is 1800. The zero-order valence-electron chi connectivity index (χ0n) is 23.7. The summed E-state index contributed by atoms with van der Waals surface area (Å²) in [5.41, 5.74) is 8.63. The molecule has 5 aromatic rings. The lowest BCUT2D eigenvalue weighted by molar-refractivity contribution is -0.119. The van der Waals surface area contributed by atoms with E-state index in [0.29, 0.717) is 35.6 Å². The second-order valence-electron chi connectivity index (χ2n) is 10.4. The van der Waals surface area contributed by atoms with E-state index in [1.54, 1.807) is 31.8 Å². The predicted molar refractivity (Wildman–Crippen MR) is 162 cm³/mol. The Morgan fingerprint density at radius 2 is 1.71 bits per heavy atom. The van der Waals surface area contributed by atoms with Crippen molar-refractivity contribution in [2.75, 3.05) is 19.0 Å². The molecule has 0 spiro atoms. The van der Waals surface area contributed by atoms with Crippen LogP contribution >= 0.6 is 0 Å². The lowest BCUT2D eigenvalue weighted by atomic mass is 9.90. The maximum Gasteiger partial charge on any atom is 0.221 e. The molecule has 1 aliphatic heterocycles. The van der Waals surface area contributed by atoms with Crippen LogP contribution in [-0.4, -0.2) is 40.6 Å². The molecule has 6 rings (SSSR count). The lowest BCUT2D eigenvalue weighted by Crippen LogP contribution is -2.30. The van der Waals surface area contributed by atoms with Gasteiger partial charge in [0.2, 0.25) is 5.91 Å². The molecule has 0 bridgehead atoms. The van der Waals surface area contributed by atoms with E-state index in [9.17, 15) is 4.79 Å².